The van der Waals surface area contributed by atoms with Crippen molar-refractivity contribution in [1.82, 2.24) is 45.4 Å². The lowest BCUT2D eigenvalue weighted by atomic mass is 10.0. The Bertz CT molecular complexity index is 2650. The molecule has 0 aliphatic carbocycles. The number of hydrogen-bond acceptors (Lipinski definition) is 9. The van der Waals surface area contributed by atoms with Gasteiger partial charge < -0.3 is 39.9 Å². The highest BCUT2D eigenvalue weighted by molar-refractivity contribution is 5.89. The van der Waals surface area contributed by atoms with Gasteiger partial charge in [-0.05, 0) is 72.2 Å². The number of aromatic nitrogens is 5. The zero-order chi connectivity index (χ0) is 42.7. The van der Waals surface area contributed by atoms with Gasteiger partial charge in [-0.15, -0.1) is 0 Å². The van der Waals surface area contributed by atoms with Crippen molar-refractivity contribution in [2.45, 2.75) is 49.9 Å². The summed E-state index contributed by atoms with van der Waals surface area (Å²) in [6, 6.07) is 32.2. The van der Waals surface area contributed by atoms with Crippen LogP contribution in [0, 0.1) is 0 Å². The molecule has 0 radical (unpaired) electrons. The van der Waals surface area contributed by atoms with E-state index in [4.69, 9.17) is 19.4 Å². The number of alkyl carbamates (subject to hydrolysis) is 2. The molecule has 4 N–H and O–H groups in total. The molecule has 4 amide bonds. The second-order valence-electron chi connectivity index (χ2n) is 15.5. The summed E-state index contributed by atoms with van der Waals surface area (Å²) >= 11 is 0. The first-order valence-corrected chi connectivity index (χ1v) is 20.6. The fourth-order valence-electron chi connectivity index (χ4n) is 8.64. The maximum absolute atomic E-state index is 14.0. The number of hydrogen-bond donors (Lipinski definition) is 4. The number of carbonyl (C=O) groups is 4. The molecule has 0 spiro atoms. The molecular formula is C47H45N9O6. The summed E-state index contributed by atoms with van der Waals surface area (Å²) in [5.74, 6) is 0.197. The average Bonchev–Trinajstić information content (AvgIpc) is 4.16. The lowest BCUT2D eigenvalue weighted by Crippen LogP contribution is -2.42. The van der Waals surface area contributed by atoms with E-state index in [1.54, 1.807) is 16.0 Å². The number of rotatable bonds is 10. The Labute approximate surface area is 356 Å². The zero-order valence-corrected chi connectivity index (χ0v) is 34.2. The van der Waals surface area contributed by atoms with Crippen LogP contribution < -0.4 is 10.6 Å². The molecule has 15 heteroatoms. The lowest BCUT2D eigenvalue weighted by molar-refractivity contribution is -0.135. The smallest absolute Gasteiger partial charge is 0.407 e. The quantitative estimate of drug-likeness (QED) is 0.107. The molecule has 7 aromatic rings. The molecule has 2 aliphatic rings. The number of pyridine rings is 2. The van der Waals surface area contributed by atoms with Crippen LogP contribution in [0.4, 0.5) is 9.59 Å². The summed E-state index contributed by atoms with van der Waals surface area (Å²) in [5.41, 5.74) is 7.89. The lowest BCUT2D eigenvalue weighted by Gasteiger charge is -2.29. The molecule has 0 bridgehead atoms. The van der Waals surface area contributed by atoms with Gasteiger partial charge in [-0.3, -0.25) is 9.59 Å². The van der Waals surface area contributed by atoms with Gasteiger partial charge in [0.2, 0.25) is 5.91 Å². The van der Waals surface area contributed by atoms with Gasteiger partial charge in [-0.25, -0.2) is 24.5 Å². The predicted molar refractivity (Wildman–Crippen MR) is 231 cm³/mol. The van der Waals surface area contributed by atoms with Crippen LogP contribution in [0.15, 0.2) is 115 Å². The number of benzene rings is 3. The second-order valence-corrected chi connectivity index (χ2v) is 15.5. The van der Waals surface area contributed by atoms with Gasteiger partial charge in [0.25, 0.3) is 5.91 Å². The molecule has 15 nitrogen and oxygen atoms in total. The van der Waals surface area contributed by atoms with Crippen molar-refractivity contribution in [2.75, 3.05) is 27.3 Å². The van der Waals surface area contributed by atoms with Gasteiger partial charge in [0.15, 0.2) is 5.65 Å². The number of H-pyrrole nitrogens is 2. The summed E-state index contributed by atoms with van der Waals surface area (Å²) in [4.78, 5) is 77.5. The van der Waals surface area contributed by atoms with Crippen LogP contribution in [0.5, 0.6) is 0 Å². The highest BCUT2D eigenvalue weighted by Gasteiger charge is 2.38. The van der Waals surface area contributed by atoms with Crippen LogP contribution >= 0.6 is 0 Å². The largest absolute Gasteiger partial charge is 0.453 e. The Morgan fingerprint density at radius 3 is 1.85 bits per heavy atom. The molecule has 9 rings (SSSR count). The van der Waals surface area contributed by atoms with Gasteiger partial charge in [-0.1, -0.05) is 84.9 Å². The summed E-state index contributed by atoms with van der Waals surface area (Å²) in [6.45, 7) is 1.08. The molecule has 3 aromatic carbocycles. The maximum atomic E-state index is 14.0. The van der Waals surface area contributed by atoms with Crippen molar-refractivity contribution in [3.63, 3.8) is 0 Å². The summed E-state index contributed by atoms with van der Waals surface area (Å²) in [5, 5.41) is 6.38. The fraction of sp³-hybridized carbons (Fsp3) is 0.255. The maximum Gasteiger partial charge on any atom is 0.407 e. The van der Waals surface area contributed by atoms with Crippen molar-refractivity contribution < 1.29 is 28.7 Å². The molecule has 2 aliphatic heterocycles. The highest BCUT2D eigenvalue weighted by Crippen LogP contribution is 2.37. The molecular weight excluding hydrogens is 787 g/mol. The van der Waals surface area contributed by atoms with E-state index < -0.39 is 24.3 Å². The minimum absolute atomic E-state index is 0.211. The first-order chi connectivity index (χ1) is 30.3. The third-order valence-corrected chi connectivity index (χ3v) is 11.8. The number of aromatic amines is 2. The number of fused-ring (bicyclic) bond motifs is 2. The number of nitrogens with one attached hydrogen (secondary N) is 4. The van der Waals surface area contributed by atoms with E-state index in [1.165, 1.54) is 14.2 Å². The van der Waals surface area contributed by atoms with E-state index >= 15 is 0 Å². The molecule has 1 unspecified atom stereocenters. The zero-order valence-electron chi connectivity index (χ0n) is 34.2. The van der Waals surface area contributed by atoms with Gasteiger partial charge in [-0.2, -0.15) is 0 Å². The first-order valence-electron chi connectivity index (χ1n) is 20.6. The van der Waals surface area contributed by atoms with Crippen LogP contribution in [0.25, 0.3) is 44.6 Å². The Kier molecular flexibility index (Phi) is 11.1. The molecule has 6 heterocycles. The molecule has 4 atom stereocenters. The normalized spacial score (nSPS) is 17.2. The third kappa shape index (κ3) is 7.91. The minimum Gasteiger partial charge on any atom is -0.453 e. The Morgan fingerprint density at radius 2 is 1.24 bits per heavy atom. The fourth-order valence-corrected chi connectivity index (χ4v) is 8.64. The van der Waals surface area contributed by atoms with Crippen molar-refractivity contribution in [1.29, 1.82) is 0 Å². The summed E-state index contributed by atoms with van der Waals surface area (Å²) in [6.07, 6.45) is 3.52. The van der Waals surface area contributed by atoms with Gasteiger partial charge in [0, 0.05) is 35.9 Å². The van der Waals surface area contributed by atoms with Gasteiger partial charge in [0.1, 0.15) is 23.6 Å². The van der Waals surface area contributed by atoms with Gasteiger partial charge >= 0.3 is 12.2 Å². The van der Waals surface area contributed by atoms with Crippen molar-refractivity contribution in [2.24, 2.45) is 0 Å². The molecule has 314 valence electrons. The average molecular weight is 832 g/mol. The van der Waals surface area contributed by atoms with E-state index in [1.807, 2.05) is 103 Å². The third-order valence-electron chi connectivity index (χ3n) is 11.8. The predicted octanol–water partition coefficient (Wildman–Crippen LogP) is 7.69. The SMILES string of the molecule is COC(=O)N[C@@H](C(=O)N1CCCC1c1ccc2cc(-c3ccc(-c4cnc5nc([C@@H]6CCCN6C(=O)[C@H](NC(=O)OC)c6ccccc6)[nH]c5c4)cc3)[nH]c2n1)c1ccccc1. The second kappa shape index (κ2) is 17.2. The van der Waals surface area contributed by atoms with E-state index in [0.717, 1.165) is 63.9 Å². The molecule has 62 heavy (non-hydrogen) atoms. The molecule has 2 saturated heterocycles. The van der Waals surface area contributed by atoms with Crippen molar-refractivity contribution in [3.05, 3.63) is 138 Å². The monoisotopic (exact) mass is 831 g/mol. The van der Waals surface area contributed by atoms with Crippen molar-refractivity contribution >= 4 is 46.2 Å². The first kappa shape index (κ1) is 39.9. The molecule has 4 aromatic heterocycles. The number of imidazole rings is 1. The van der Waals surface area contributed by atoms with E-state index in [2.05, 4.69) is 31.7 Å². The topological polar surface area (TPSA) is 188 Å². The number of ether oxygens (including phenoxy) is 2. The Balaban J connectivity index is 0.910. The van der Waals surface area contributed by atoms with Crippen LogP contribution in [-0.2, 0) is 19.1 Å². The Hall–Kier alpha value is -7.55. The number of carbonyl (C=O) groups excluding carboxylic acids is 4. The van der Waals surface area contributed by atoms with Crippen LogP contribution in [0.1, 0.15) is 72.5 Å². The van der Waals surface area contributed by atoms with Crippen LogP contribution in [0.2, 0.25) is 0 Å². The van der Waals surface area contributed by atoms with Crippen LogP contribution in [-0.4, -0.2) is 86.0 Å². The van der Waals surface area contributed by atoms with E-state index in [-0.39, 0.29) is 23.9 Å². The number of likely N-dealkylation sites (tertiary alicyclic amines) is 2. The standard InChI is InChI=1S/C47H45N9O6/c1-61-46(59)52-39(30-11-5-3-6-12-30)44(57)55-23-9-15-37(55)34-22-21-32-25-35(50-41(32)49-34)29-19-17-28(18-20-29)33-26-36-42(48-27-33)54-43(51-36)38-16-10-24-56(38)45(58)40(53-47(60)62-2)31-13-7-4-8-14-31/h3-8,11-14,17-22,25-27,37-40H,9-10,15-16,23-24H2,1-2H3,(H,49,50)(H,52,59)(H,53,60)(H,48,51,54)/t37?,38-,39+,40+/m0/s1. The molecule has 2 fully saturated rings. The summed E-state index contributed by atoms with van der Waals surface area (Å²) < 4.78 is 9.68. The van der Waals surface area contributed by atoms with Crippen LogP contribution in [0.3, 0.4) is 0 Å². The Morgan fingerprint density at radius 1 is 0.661 bits per heavy atom. The van der Waals surface area contributed by atoms with E-state index in [9.17, 15) is 19.2 Å². The van der Waals surface area contributed by atoms with E-state index in [0.29, 0.717) is 42.1 Å². The number of nitrogens with zero attached hydrogens (tertiary/aromatic N) is 5. The highest BCUT2D eigenvalue weighted by atomic mass is 16.5. The summed E-state index contributed by atoms with van der Waals surface area (Å²) in [7, 11) is 2.56. The van der Waals surface area contributed by atoms with Crippen molar-refractivity contribution in [3.8, 4) is 22.4 Å². The number of methoxy groups -OCH3 is 2. The molecule has 0 saturated carbocycles. The minimum atomic E-state index is -0.905. The number of amides is 4. The van der Waals surface area contributed by atoms with Gasteiger partial charge in [0.05, 0.1) is 37.5 Å².